The van der Waals surface area contributed by atoms with Crippen LogP contribution in [0.1, 0.15) is 25.8 Å². The zero-order chi connectivity index (χ0) is 15.1. The largest absolute Gasteiger partial charge is 0.370 e. The zero-order valence-electron chi connectivity index (χ0n) is 12.7. The van der Waals surface area contributed by atoms with Crippen LogP contribution in [0, 0.1) is 5.92 Å². The Morgan fingerprint density at radius 3 is 2.71 bits per heavy atom. The van der Waals surface area contributed by atoms with Crippen molar-refractivity contribution in [3.05, 3.63) is 48.3 Å². The minimum Gasteiger partial charge on any atom is -0.370 e. The Morgan fingerprint density at radius 1 is 1.33 bits per heavy atom. The molecule has 2 rings (SSSR count). The van der Waals surface area contributed by atoms with Crippen molar-refractivity contribution in [3.8, 4) is 5.69 Å². The first kappa shape index (κ1) is 15.1. The predicted molar refractivity (Wildman–Crippen MR) is 86.3 cm³/mol. The molecule has 0 spiro atoms. The van der Waals surface area contributed by atoms with E-state index in [0.29, 0.717) is 18.4 Å². The molecule has 0 aliphatic rings. The minimum absolute atomic E-state index is 0.506. The average Bonchev–Trinajstić information content (AvgIpc) is 2.99. The maximum atomic E-state index is 5.84. The molecule has 0 aliphatic heterocycles. The van der Waals surface area contributed by atoms with Crippen LogP contribution in [0.2, 0.25) is 0 Å². The average molecular weight is 285 g/mol. The number of benzene rings is 1. The number of hydrogen-bond acceptors (Lipinski definition) is 2. The number of rotatable bonds is 6. The molecule has 0 radical (unpaired) electrons. The van der Waals surface area contributed by atoms with Gasteiger partial charge < -0.3 is 11.1 Å². The summed E-state index contributed by atoms with van der Waals surface area (Å²) in [4.78, 5) is 4.34. The lowest BCUT2D eigenvalue weighted by Crippen LogP contribution is -2.32. The second-order valence-electron chi connectivity index (χ2n) is 5.43. The van der Waals surface area contributed by atoms with Gasteiger partial charge in [0.05, 0.1) is 12.2 Å². The van der Waals surface area contributed by atoms with Crippen LogP contribution in [0.3, 0.4) is 0 Å². The van der Waals surface area contributed by atoms with Crippen molar-refractivity contribution in [1.82, 2.24) is 15.1 Å². The highest BCUT2D eigenvalue weighted by molar-refractivity contribution is 5.77. The molecule has 0 saturated carbocycles. The van der Waals surface area contributed by atoms with Crippen LogP contribution in [-0.2, 0) is 6.54 Å². The molecular weight excluding hydrogens is 262 g/mol. The summed E-state index contributed by atoms with van der Waals surface area (Å²) in [5.74, 6) is 1.17. The maximum Gasteiger partial charge on any atom is 0.188 e. The van der Waals surface area contributed by atoms with Gasteiger partial charge >= 0.3 is 0 Å². The first-order valence-electron chi connectivity index (χ1n) is 7.28. The molecular formula is C16H23N5. The highest BCUT2D eigenvalue weighted by Gasteiger charge is 1.98. The van der Waals surface area contributed by atoms with Gasteiger partial charge in [-0.05, 0) is 36.1 Å². The van der Waals surface area contributed by atoms with Gasteiger partial charge in [0.15, 0.2) is 5.96 Å². The molecule has 1 aromatic heterocycles. The summed E-state index contributed by atoms with van der Waals surface area (Å²) in [6.45, 7) is 5.83. The van der Waals surface area contributed by atoms with Gasteiger partial charge in [-0.3, -0.25) is 0 Å². The predicted octanol–water partition coefficient (Wildman–Crippen LogP) is 2.32. The third kappa shape index (κ3) is 4.95. The molecule has 112 valence electrons. The molecule has 5 heteroatoms. The molecule has 0 amide bonds. The minimum atomic E-state index is 0.506. The van der Waals surface area contributed by atoms with Crippen LogP contribution in [-0.4, -0.2) is 22.3 Å². The van der Waals surface area contributed by atoms with E-state index in [2.05, 4.69) is 29.3 Å². The van der Waals surface area contributed by atoms with Crippen molar-refractivity contribution < 1.29 is 0 Å². The highest BCUT2D eigenvalue weighted by Crippen LogP contribution is 2.09. The van der Waals surface area contributed by atoms with Gasteiger partial charge in [0.25, 0.3) is 0 Å². The molecule has 5 nitrogen and oxygen atoms in total. The molecule has 1 aromatic carbocycles. The first-order chi connectivity index (χ1) is 10.1. The fraction of sp³-hybridized carbons (Fsp3) is 0.375. The van der Waals surface area contributed by atoms with E-state index >= 15 is 0 Å². The summed E-state index contributed by atoms with van der Waals surface area (Å²) in [7, 11) is 0. The summed E-state index contributed by atoms with van der Waals surface area (Å²) in [5, 5.41) is 7.33. The second-order valence-corrected chi connectivity index (χ2v) is 5.43. The Bertz CT molecular complexity index is 555. The zero-order valence-corrected chi connectivity index (χ0v) is 12.7. The van der Waals surface area contributed by atoms with E-state index < -0.39 is 0 Å². The Hall–Kier alpha value is -2.30. The fourth-order valence-corrected chi connectivity index (χ4v) is 1.90. The molecule has 0 atom stereocenters. The van der Waals surface area contributed by atoms with E-state index in [0.717, 1.165) is 24.2 Å². The number of hydrogen-bond donors (Lipinski definition) is 2. The van der Waals surface area contributed by atoms with E-state index in [-0.39, 0.29) is 0 Å². The van der Waals surface area contributed by atoms with Crippen molar-refractivity contribution in [2.24, 2.45) is 16.6 Å². The van der Waals surface area contributed by atoms with E-state index in [9.17, 15) is 0 Å². The Balaban J connectivity index is 1.85. The van der Waals surface area contributed by atoms with Crippen LogP contribution in [0.15, 0.2) is 47.7 Å². The molecule has 0 bridgehead atoms. The quantitative estimate of drug-likeness (QED) is 0.632. The van der Waals surface area contributed by atoms with Gasteiger partial charge in [0.1, 0.15) is 0 Å². The van der Waals surface area contributed by atoms with Gasteiger partial charge in [0.2, 0.25) is 0 Å². The number of aliphatic imine (C=N–C) groups is 1. The Morgan fingerprint density at radius 2 is 2.10 bits per heavy atom. The van der Waals surface area contributed by atoms with E-state index in [4.69, 9.17) is 5.73 Å². The number of guanidine groups is 1. The van der Waals surface area contributed by atoms with E-state index in [1.54, 1.807) is 6.20 Å². The molecule has 0 unspecified atom stereocenters. The summed E-state index contributed by atoms with van der Waals surface area (Å²) in [5.41, 5.74) is 8.00. The summed E-state index contributed by atoms with van der Waals surface area (Å²) in [6.07, 6.45) is 4.78. The van der Waals surface area contributed by atoms with Crippen LogP contribution >= 0.6 is 0 Å². The van der Waals surface area contributed by atoms with Crippen molar-refractivity contribution in [2.75, 3.05) is 6.54 Å². The summed E-state index contributed by atoms with van der Waals surface area (Å²) in [6, 6.07) is 10.0. The monoisotopic (exact) mass is 285 g/mol. The molecule has 1 heterocycles. The maximum absolute atomic E-state index is 5.84. The van der Waals surface area contributed by atoms with Gasteiger partial charge in [-0.2, -0.15) is 5.10 Å². The van der Waals surface area contributed by atoms with Crippen LogP contribution in [0.4, 0.5) is 0 Å². The lowest BCUT2D eigenvalue weighted by Gasteiger charge is -2.07. The summed E-state index contributed by atoms with van der Waals surface area (Å²) >= 11 is 0. The van der Waals surface area contributed by atoms with Gasteiger partial charge in [-0.25, -0.2) is 9.67 Å². The number of aromatic nitrogens is 2. The van der Waals surface area contributed by atoms with Crippen LogP contribution in [0.5, 0.6) is 0 Å². The fourth-order valence-electron chi connectivity index (χ4n) is 1.90. The van der Waals surface area contributed by atoms with Gasteiger partial charge in [-0.1, -0.05) is 26.0 Å². The number of nitrogens with one attached hydrogen (secondary N) is 1. The lowest BCUT2D eigenvalue weighted by molar-refractivity contribution is 0.576. The standard InChI is InChI=1S/C16H23N5/c1-13(2)8-10-18-16(17)19-12-14-4-6-15(7-5-14)21-11-3-9-20-21/h3-7,9,11,13H,8,10,12H2,1-2H3,(H3,17,18,19). The van der Waals surface area contributed by atoms with Crippen LogP contribution in [0.25, 0.3) is 5.69 Å². The molecule has 2 aromatic rings. The Labute approximate surface area is 125 Å². The normalized spacial score (nSPS) is 11.9. The first-order valence-corrected chi connectivity index (χ1v) is 7.28. The number of nitrogens with two attached hydrogens (primary N) is 1. The van der Waals surface area contributed by atoms with Gasteiger partial charge in [-0.15, -0.1) is 0 Å². The summed E-state index contributed by atoms with van der Waals surface area (Å²) < 4.78 is 1.83. The highest BCUT2D eigenvalue weighted by atomic mass is 15.3. The third-order valence-corrected chi connectivity index (χ3v) is 3.17. The smallest absolute Gasteiger partial charge is 0.188 e. The van der Waals surface area contributed by atoms with E-state index in [1.807, 2.05) is 41.2 Å². The van der Waals surface area contributed by atoms with Crippen LogP contribution < -0.4 is 11.1 Å². The van der Waals surface area contributed by atoms with Crippen molar-refractivity contribution in [3.63, 3.8) is 0 Å². The topological polar surface area (TPSA) is 68.2 Å². The van der Waals surface area contributed by atoms with Gasteiger partial charge in [0, 0.05) is 18.9 Å². The van der Waals surface area contributed by atoms with Crippen molar-refractivity contribution >= 4 is 5.96 Å². The Kier molecular flexibility index (Phi) is 5.37. The molecule has 0 saturated heterocycles. The van der Waals surface area contributed by atoms with Crippen molar-refractivity contribution in [2.45, 2.75) is 26.8 Å². The van der Waals surface area contributed by atoms with Crippen molar-refractivity contribution in [1.29, 1.82) is 0 Å². The number of nitrogens with zero attached hydrogens (tertiary/aromatic N) is 3. The molecule has 21 heavy (non-hydrogen) atoms. The SMILES string of the molecule is CC(C)CCNC(N)=NCc1ccc(-n2cccn2)cc1. The molecule has 3 N–H and O–H groups in total. The van der Waals surface area contributed by atoms with E-state index in [1.165, 1.54) is 0 Å². The molecule has 0 aliphatic carbocycles. The molecule has 0 fully saturated rings. The second kappa shape index (κ2) is 7.47. The lowest BCUT2D eigenvalue weighted by atomic mass is 10.1. The third-order valence-electron chi connectivity index (χ3n) is 3.17.